The van der Waals surface area contributed by atoms with Gasteiger partial charge in [-0.15, -0.1) is 0 Å². The summed E-state index contributed by atoms with van der Waals surface area (Å²) in [6.07, 6.45) is 11.0. The first-order chi connectivity index (χ1) is 14.5. The van der Waals surface area contributed by atoms with Crippen molar-refractivity contribution >= 4 is 17.5 Å². The van der Waals surface area contributed by atoms with Gasteiger partial charge in [-0.05, 0) is 81.3 Å². The van der Waals surface area contributed by atoms with Crippen molar-refractivity contribution in [2.24, 2.45) is 23.2 Å². The Hall–Kier alpha value is -2.24. The maximum Gasteiger partial charge on any atom is 0.251 e. The van der Waals surface area contributed by atoms with Gasteiger partial charge in [-0.3, -0.25) is 9.59 Å². The molecule has 5 fully saturated rings. The first kappa shape index (κ1) is 18.5. The lowest BCUT2D eigenvalue weighted by molar-refractivity contribution is -0.146. The fourth-order valence-electron chi connectivity index (χ4n) is 7.23. The van der Waals surface area contributed by atoms with Crippen LogP contribution in [0.3, 0.4) is 0 Å². The van der Waals surface area contributed by atoms with Crippen molar-refractivity contribution in [2.45, 2.75) is 70.0 Å². The summed E-state index contributed by atoms with van der Waals surface area (Å²) in [5.41, 5.74) is 0.449. The smallest absolute Gasteiger partial charge is 0.251 e. The molecule has 6 heteroatoms. The van der Waals surface area contributed by atoms with Crippen LogP contribution in [0.2, 0.25) is 0 Å². The van der Waals surface area contributed by atoms with Gasteiger partial charge in [0.2, 0.25) is 11.8 Å². The van der Waals surface area contributed by atoms with Gasteiger partial charge in [-0.25, -0.2) is 0 Å². The summed E-state index contributed by atoms with van der Waals surface area (Å²) in [5, 5.41) is 5.84. The van der Waals surface area contributed by atoms with E-state index in [4.69, 9.17) is 9.47 Å². The van der Waals surface area contributed by atoms with Crippen molar-refractivity contribution in [1.82, 2.24) is 5.32 Å². The monoisotopic (exact) mass is 410 g/mol. The standard InChI is InChI=1S/C24H30N2O4/c27-21(14-25-22(28)23-11-15-7-16(12-23)9-17(8-15)13-23)26-18-3-4-19-20(10-18)30-24(29-19)5-1-2-6-24/h3-4,10,15-17H,1-2,5-9,11-14H2,(H,25,28)(H,26,27). The molecule has 0 radical (unpaired) electrons. The van der Waals surface area contributed by atoms with Gasteiger partial charge in [0.15, 0.2) is 11.5 Å². The van der Waals surface area contributed by atoms with Gasteiger partial charge in [-0.2, -0.15) is 0 Å². The minimum Gasteiger partial charge on any atom is -0.448 e. The molecule has 0 atom stereocenters. The quantitative estimate of drug-likeness (QED) is 0.787. The van der Waals surface area contributed by atoms with Crippen LogP contribution in [-0.4, -0.2) is 24.1 Å². The number of ether oxygens (including phenoxy) is 2. The van der Waals surface area contributed by atoms with Crippen LogP contribution >= 0.6 is 0 Å². The van der Waals surface area contributed by atoms with Gasteiger partial charge >= 0.3 is 0 Å². The van der Waals surface area contributed by atoms with E-state index in [1.807, 2.05) is 18.2 Å². The normalized spacial score (nSPS) is 34.3. The summed E-state index contributed by atoms with van der Waals surface area (Å²) >= 11 is 0. The average Bonchev–Trinajstić information content (AvgIpc) is 3.30. The molecule has 1 aromatic carbocycles. The number of fused-ring (bicyclic) bond motifs is 1. The van der Waals surface area contributed by atoms with Crippen LogP contribution in [0.5, 0.6) is 11.5 Å². The summed E-state index contributed by atoms with van der Waals surface area (Å²) in [7, 11) is 0. The first-order valence-electron chi connectivity index (χ1n) is 11.6. The third-order valence-corrected chi connectivity index (χ3v) is 8.11. The second-order valence-corrected chi connectivity index (χ2v) is 10.4. The molecule has 5 aliphatic carbocycles. The van der Waals surface area contributed by atoms with Crippen LogP contribution in [0.25, 0.3) is 0 Å². The molecule has 4 bridgehead atoms. The van der Waals surface area contributed by atoms with Crippen molar-refractivity contribution in [2.75, 3.05) is 11.9 Å². The number of benzene rings is 1. The molecule has 5 saturated carbocycles. The Labute approximate surface area is 177 Å². The Balaban J connectivity index is 1.06. The Morgan fingerprint density at radius 1 is 0.933 bits per heavy atom. The second kappa shape index (κ2) is 6.63. The third kappa shape index (κ3) is 3.07. The highest BCUT2D eigenvalue weighted by Gasteiger charge is 2.54. The molecule has 1 spiro atoms. The molecule has 0 saturated heterocycles. The first-order valence-corrected chi connectivity index (χ1v) is 11.6. The van der Waals surface area contributed by atoms with E-state index in [1.54, 1.807) is 0 Å². The van der Waals surface area contributed by atoms with Crippen molar-refractivity contribution in [3.8, 4) is 11.5 Å². The van der Waals surface area contributed by atoms with Gasteiger partial charge in [0, 0.05) is 30.0 Å². The lowest BCUT2D eigenvalue weighted by Crippen LogP contribution is -2.54. The van der Waals surface area contributed by atoms with Crippen LogP contribution in [0, 0.1) is 23.2 Å². The van der Waals surface area contributed by atoms with Gasteiger partial charge in [-0.1, -0.05) is 0 Å². The summed E-state index contributed by atoms with van der Waals surface area (Å²) < 4.78 is 12.1. The number of nitrogens with one attached hydrogen (secondary N) is 2. The number of carbonyl (C=O) groups excluding carboxylic acids is 2. The molecule has 160 valence electrons. The van der Waals surface area contributed by atoms with E-state index in [0.717, 1.165) is 50.7 Å². The molecule has 30 heavy (non-hydrogen) atoms. The van der Waals surface area contributed by atoms with Crippen LogP contribution < -0.4 is 20.1 Å². The topological polar surface area (TPSA) is 76.7 Å². The maximum atomic E-state index is 13.0. The number of hydrogen-bond acceptors (Lipinski definition) is 4. The Bertz CT molecular complexity index is 854. The largest absolute Gasteiger partial charge is 0.448 e. The van der Waals surface area contributed by atoms with Gasteiger partial charge in [0.05, 0.1) is 6.54 Å². The number of rotatable bonds is 4. The molecule has 1 aromatic rings. The predicted molar refractivity (Wildman–Crippen MR) is 111 cm³/mol. The molecule has 2 N–H and O–H groups in total. The molecule has 0 aromatic heterocycles. The number of anilines is 1. The van der Waals surface area contributed by atoms with Crippen LogP contribution in [0.15, 0.2) is 18.2 Å². The predicted octanol–water partition coefficient (Wildman–Crippen LogP) is 4.00. The van der Waals surface area contributed by atoms with Crippen molar-refractivity contribution in [3.63, 3.8) is 0 Å². The second-order valence-electron chi connectivity index (χ2n) is 10.4. The molecule has 1 heterocycles. The molecule has 1 aliphatic heterocycles. The minimum absolute atomic E-state index is 0.0129. The lowest BCUT2D eigenvalue weighted by Gasteiger charge is -2.55. The van der Waals surface area contributed by atoms with E-state index in [9.17, 15) is 9.59 Å². The van der Waals surface area contributed by atoms with Crippen molar-refractivity contribution in [1.29, 1.82) is 0 Å². The van der Waals surface area contributed by atoms with E-state index in [-0.39, 0.29) is 23.8 Å². The highest BCUT2D eigenvalue weighted by atomic mass is 16.7. The zero-order chi connectivity index (χ0) is 20.3. The fraction of sp³-hybridized carbons (Fsp3) is 0.667. The fourth-order valence-corrected chi connectivity index (χ4v) is 7.23. The summed E-state index contributed by atoms with van der Waals surface area (Å²) in [4.78, 5) is 25.5. The van der Waals surface area contributed by atoms with Gasteiger partial charge in [0.1, 0.15) is 0 Å². The molecule has 6 nitrogen and oxygen atoms in total. The molecule has 7 rings (SSSR count). The third-order valence-electron chi connectivity index (χ3n) is 8.11. The molecule has 0 unspecified atom stereocenters. The zero-order valence-electron chi connectivity index (χ0n) is 17.4. The van der Waals surface area contributed by atoms with E-state index >= 15 is 0 Å². The summed E-state index contributed by atoms with van der Waals surface area (Å²) in [6, 6.07) is 5.50. The Morgan fingerprint density at radius 2 is 1.57 bits per heavy atom. The number of hydrogen-bond donors (Lipinski definition) is 2. The maximum absolute atomic E-state index is 13.0. The van der Waals surface area contributed by atoms with Gasteiger partial charge in [0.25, 0.3) is 5.79 Å². The van der Waals surface area contributed by atoms with Crippen LogP contribution in [-0.2, 0) is 9.59 Å². The molecule has 6 aliphatic rings. The molecular weight excluding hydrogens is 380 g/mol. The number of carbonyl (C=O) groups is 2. The highest BCUT2D eigenvalue weighted by molar-refractivity contribution is 5.95. The lowest BCUT2D eigenvalue weighted by atomic mass is 9.49. The van der Waals surface area contributed by atoms with E-state index in [1.165, 1.54) is 19.3 Å². The summed E-state index contributed by atoms with van der Waals surface area (Å²) in [5.74, 6) is 2.95. The highest BCUT2D eigenvalue weighted by Crippen LogP contribution is 2.60. The van der Waals surface area contributed by atoms with E-state index in [0.29, 0.717) is 29.2 Å². The van der Waals surface area contributed by atoms with Gasteiger partial charge < -0.3 is 20.1 Å². The minimum atomic E-state index is -0.503. The SMILES string of the molecule is O=C(CNC(=O)C12CC3CC(CC(C3)C1)C2)Nc1ccc2c(c1)OC1(CCCC1)O2. The Kier molecular flexibility index (Phi) is 4.09. The van der Waals surface area contributed by atoms with Crippen molar-refractivity contribution in [3.05, 3.63) is 18.2 Å². The van der Waals surface area contributed by atoms with Crippen LogP contribution in [0.1, 0.15) is 64.2 Å². The van der Waals surface area contributed by atoms with Crippen molar-refractivity contribution < 1.29 is 19.1 Å². The average molecular weight is 411 g/mol. The Morgan fingerprint density at radius 3 is 2.23 bits per heavy atom. The van der Waals surface area contributed by atoms with E-state index < -0.39 is 5.79 Å². The molecule has 2 amide bonds. The van der Waals surface area contributed by atoms with Crippen LogP contribution in [0.4, 0.5) is 5.69 Å². The number of amides is 2. The zero-order valence-corrected chi connectivity index (χ0v) is 17.4. The summed E-state index contributed by atoms with van der Waals surface area (Å²) in [6.45, 7) is 0.0129. The molecular formula is C24H30N2O4. The van der Waals surface area contributed by atoms with E-state index in [2.05, 4.69) is 10.6 Å².